The lowest BCUT2D eigenvalue weighted by Gasteiger charge is -2.47. The van der Waals surface area contributed by atoms with Crippen molar-refractivity contribution >= 4 is 0 Å². The molecule has 4 rings (SSSR count). The van der Waals surface area contributed by atoms with E-state index in [4.69, 9.17) is 14.2 Å². The normalized spacial score (nSPS) is 29.0. The summed E-state index contributed by atoms with van der Waals surface area (Å²) in [5.74, 6) is 4.48. The van der Waals surface area contributed by atoms with Gasteiger partial charge in [0.25, 0.3) is 0 Å². The standard InChI is InChI=1S/C25H40N2O3/c1-17(2)9-20-14-27-8-6-19-11-24(28-3)25(29-4)12-22(19)23(27)10-21(20)16-30-15-18-5-7-26-13-18/h11-12,17-18,20-21,23,26H,5-10,13-16H2,1-4H3/t18?,20-,21+,23-/m1/s1. The third kappa shape index (κ3) is 4.79. The van der Waals surface area contributed by atoms with Crippen LogP contribution < -0.4 is 14.8 Å². The number of piperidine rings is 1. The third-order valence-electron chi connectivity index (χ3n) is 7.40. The maximum absolute atomic E-state index is 6.31. The minimum Gasteiger partial charge on any atom is -0.493 e. The molecule has 1 aromatic carbocycles. The minimum absolute atomic E-state index is 0.471. The molecule has 168 valence electrons. The molecule has 2 fully saturated rings. The van der Waals surface area contributed by atoms with Crippen LogP contribution in [0.2, 0.25) is 0 Å². The lowest BCUT2D eigenvalue weighted by atomic mass is 9.74. The van der Waals surface area contributed by atoms with Crippen molar-refractivity contribution in [3.8, 4) is 11.5 Å². The van der Waals surface area contributed by atoms with E-state index in [9.17, 15) is 0 Å². The zero-order valence-corrected chi connectivity index (χ0v) is 19.3. The maximum atomic E-state index is 6.31. The van der Waals surface area contributed by atoms with Crippen molar-refractivity contribution in [2.45, 2.75) is 45.6 Å². The van der Waals surface area contributed by atoms with E-state index in [2.05, 4.69) is 36.2 Å². The molecule has 3 aliphatic heterocycles. The highest BCUT2D eigenvalue weighted by Crippen LogP contribution is 2.45. The minimum atomic E-state index is 0.471. The molecule has 0 saturated carbocycles. The van der Waals surface area contributed by atoms with Crippen LogP contribution in [0, 0.1) is 23.7 Å². The van der Waals surface area contributed by atoms with Gasteiger partial charge in [0.15, 0.2) is 11.5 Å². The zero-order valence-electron chi connectivity index (χ0n) is 19.3. The summed E-state index contributed by atoms with van der Waals surface area (Å²) in [4.78, 5) is 2.72. The maximum Gasteiger partial charge on any atom is 0.161 e. The van der Waals surface area contributed by atoms with Crippen molar-refractivity contribution in [3.63, 3.8) is 0 Å². The quantitative estimate of drug-likeness (QED) is 0.696. The average molecular weight is 417 g/mol. The lowest BCUT2D eigenvalue weighted by molar-refractivity contribution is -0.0116. The summed E-state index contributed by atoms with van der Waals surface area (Å²) in [7, 11) is 3.46. The van der Waals surface area contributed by atoms with Crippen LogP contribution in [0.15, 0.2) is 12.1 Å². The molecular formula is C25H40N2O3. The van der Waals surface area contributed by atoms with Gasteiger partial charge in [0.2, 0.25) is 0 Å². The number of fused-ring (bicyclic) bond motifs is 3. The number of methoxy groups -OCH3 is 2. The summed E-state index contributed by atoms with van der Waals surface area (Å²) in [5, 5.41) is 3.46. The van der Waals surface area contributed by atoms with Gasteiger partial charge >= 0.3 is 0 Å². The van der Waals surface area contributed by atoms with Crippen LogP contribution in [0.1, 0.15) is 50.3 Å². The molecule has 0 aliphatic carbocycles. The van der Waals surface area contributed by atoms with Gasteiger partial charge in [-0.15, -0.1) is 0 Å². The Bertz CT molecular complexity index is 702. The van der Waals surface area contributed by atoms with Crippen LogP contribution in [0.3, 0.4) is 0 Å². The van der Waals surface area contributed by atoms with Gasteiger partial charge in [-0.3, -0.25) is 4.90 Å². The number of hydrogen-bond donors (Lipinski definition) is 1. The molecule has 3 heterocycles. The topological polar surface area (TPSA) is 43.0 Å². The second-order valence-corrected chi connectivity index (χ2v) is 9.95. The smallest absolute Gasteiger partial charge is 0.161 e. The summed E-state index contributed by atoms with van der Waals surface area (Å²) >= 11 is 0. The Morgan fingerprint density at radius 1 is 1.10 bits per heavy atom. The summed E-state index contributed by atoms with van der Waals surface area (Å²) in [6, 6.07) is 4.90. The first-order valence-corrected chi connectivity index (χ1v) is 11.9. The predicted octanol–water partition coefficient (Wildman–Crippen LogP) is 3.91. The number of nitrogens with one attached hydrogen (secondary N) is 1. The van der Waals surface area contributed by atoms with E-state index in [-0.39, 0.29) is 0 Å². The predicted molar refractivity (Wildman–Crippen MR) is 120 cm³/mol. The van der Waals surface area contributed by atoms with Crippen molar-refractivity contribution in [1.82, 2.24) is 10.2 Å². The molecule has 0 amide bonds. The zero-order chi connectivity index (χ0) is 21.1. The van der Waals surface area contributed by atoms with Crippen LogP contribution in [0.25, 0.3) is 0 Å². The lowest BCUT2D eigenvalue weighted by Crippen LogP contribution is -2.47. The van der Waals surface area contributed by atoms with E-state index in [1.807, 2.05) is 0 Å². The highest BCUT2D eigenvalue weighted by Gasteiger charge is 2.39. The number of hydrogen-bond acceptors (Lipinski definition) is 5. The Hall–Kier alpha value is -1.30. The van der Waals surface area contributed by atoms with Gasteiger partial charge in [-0.2, -0.15) is 0 Å². The van der Waals surface area contributed by atoms with Crippen LogP contribution in [-0.4, -0.2) is 58.5 Å². The molecular weight excluding hydrogens is 376 g/mol. The van der Waals surface area contributed by atoms with Gasteiger partial charge in [0, 0.05) is 32.3 Å². The first-order valence-electron chi connectivity index (χ1n) is 11.9. The molecule has 1 unspecified atom stereocenters. The molecule has 4 atom stereocenters. The van der Waals surface area contributed by atoms with Crippen LogP contribution in [0.4, 0.5) is 0 Å². The second-order valence-electron chi connectivity index (χ2n) is 9.95. The molecule has 0 aromatic heterocycles. The van der Waals surface area contributed by atoms with Crippen molar-refractivity contribution < 1.29 is 14.2 Å². The Balaban J connectivity index is 1.50. The van der Waals surface area contributed by atoms with E-state index in [1.54, 1.807) is 14.2 Å². The molecule has 0 spiro atoms. The highest BCUT2D eigenvalue weighted by molar-refractivity contribution is 5.49. The third-order valence-corrected chi connectivity index (χ3v) is 7.40. The Morgan fingerprint density at radius 2 is 1.90 bits per heavy atom. The summed E-state index contributed by atoms with van der Waals surface area (Å²) in [5.41, 5.74) is 2.86. The summed E-state index contributed by atoms with van der Waals surface area (Å²) < 4.78 is 17.5. The van der Waals surface area contributed by atoms with Gasteiger partial charge in [-0.1, -0.05) is 13.8 Å². The molecule has 3 aliphatic rings. The summed E-state index contributed by atoms with van der Waals surface area (Å²) in [6.45, 7) is 11.1. The SMILES string of the molecule is COc1cc2c(cc1OC)[C@H]1C[C@@H](COCC3CCNC3)[C@H](CC(C)C)CN1CC2. The van der Waals surface area contributed by atoms with Crippen molar-refractivity contribution in [1.29, 1.82) is 0 Å². The second kappa shape index (κ2) is 9.88. The number of rotatable bonds is 8. The van der Waals surface area contributed by atoms with Crippen LogP contribution >= 0.6 is 0 Å². The van der Waals surface area contributed by atoms with E-state index >= 15 is 0 Å². The highest BCUT2D eigenvalue weighted by atomic mass is 16.5. The largest absolute Gasteiger partial charge is 0.493 e. The van der Waals surface area contributed by atoms with Crippen LogP contribution in [-0.2, 0) is 11.2 Å². The molecule has 2 saturated heterocycles. The van der Waals surface area contributed by atoms with Crippen LogP contribution in [0.5, 0.6) is 11.5 Å². The molecule has 30 heavy (non-hydrogen) atoms. The molecule has 0 bridgehead atoms. The Kier molecular flexibility index (Phi) is 7.22. The number of benzene rings is 1. The fraction of sp³-hybridized carbons (Fsp3) is 0.760. The van der Waals surface area contributed by atoms with Gasteiger partial charge in [-0.05, 0) is 79.2 Å². The fourth-order valence-corrected chi connectivity index (χ4v) is 5.82. The monoisotopic (exact) mass is 416 g/mol. The fourth-order valence-electron chi connectivity index (χ4n) is 5.82. The first-order chi connectivity index (χ1) is 14.6. The number of nitrogens with zero attached hydrogens (tertiary/aromatic N) is 1. The van der Waals surface area contributed by atoms with Crippen molar-refractivity contribution in [2.24, 2.45) is 23.7 Å². The number of ether oxygens (including phenoxy) is 3. The van der Waals surface area contributed by atoms with Crippen molar-refractivity contribution in [2.75, 3.05) is 53.6 Å². The van der Waals surface area contributed by atoms with Gasteiger partial charge in [0.1, 0.15) is 0 Å². The Labute approximate surface area is 182 Å². The first kappa shape index (κ1) is 21.9. The van der Waals surface area contributed by atoms with E-state index in [0.29, 0.717) is 17.9 Å². The van der Waals surface area contributed by atoms with E-state index < -0.39 is 0 Å². The Morgan fingerprint density at radius 3 is 2.60 bits per heavy atom. The van der Waals surface area contributed by atoms with Gasteiger partial charge in [-0.25, -0.2) is 0 Å². The summed E-state index contributed by atoms with van der Waals surface area (Å²) in [6.07, 6.45) is 4.83. The van der Waals surface area contributed by atoms with E-state index in [1.165, 1.54) is 36.9 Å². The molecule has 5 heteroatoms. The van der Waals surface area contributed by atoms with Gasteiger partial charge < -0.3 is 19.5 Å². The van der Waals surface area contributed by atoms with E-state index in [0.717, 1.165) is 62.6 Å². The molecule has 5 nitrogen and oxygen atoms in total. The molecule has 1 N–H and O–H groups in total. The van der Waals surface area contributed by atoms with Gasteiger partial charge in [0.05, 0.1) is 20.8 Å². The average Bonchev–Trinajstić information content (AvgIpc) is 3.26. The van der Waals surface area contributed by atoms with Crippen molar-refractivity contribution in [3.05, 3.63) is 23.3 Å². The molecule has 1 aromatic rings. The molecule has 0 radical (unpaired) electrons.